The summed E-state index contributed by atoms with van der Waals surface area (Å²) in [6.45, 7) is 2.98. The van der Waals surface area contributed by atoms with Crippen LogP contribution >= 0.6 is 22.7 Å². The average Bonchev–Trinajstić information content (AvgIpc) is 3.56. The lowest BCUT2D eigenvalue weighted by molar-refractivity contribution is -0.150. The van der Waals surface area contributed by atoms with Gasteiger partial charge in [-0.05, 0) is 24.1 Å². The van der Waals surface area contributed by atoms with Crippen molar-refractivity contribution in [3.8, 4) is 11.3 Å². The number of aryl methyl sites for hydroxylation is 1. The first-order valence-electron chi connectivity index (χ1n) is 12.7. The topological polar surface area (TPSA) is 114 Å². The van der Waals surface area contributed by atoms with Crippen LogP contribution in [0.2, 0.25) is 0 Å². The highest BCUT2D eigenvalue weighted by Gasteiger charge is 2.39. The minimum absolute atomic E-state index is 0.0771. The Bertz CT molecular complexity index is 1920. The van der Waals surface area contributed by atoms with Gasteiger partial charge in [0.05, 0.1) is 11.1 Å². The molecule has 1 aromatic carbocycles. The number of hydrogen-bond donors (Lipinski definition) is 1. The Morgan fingerprint density at radius 1 is 1.14 bits per heavy atom. The number of fused-ring (bicyclic) bond motifs is 1. The van der Waals surface area contributed by atoms with Gasteiger partial charge in [-0.3, -0.25) is 23.3 Å². The first-order valence-corrected chi connectivity index (χ1v) is 14.5. The van der Waals surface area contributed by atoms with E-state index in [9.17, 15) is 31.9 Å². The first-order chi connectivity index (χ1) is 20.2. The summed E-state index contributed by atoms with van der Waals surface area (Å²) in [6, 6.07) is 0.362. The number of benzene rings is 1. The van der Waals surface area contributed by atoms with Crippen molar-refractivity contribution in [2.75, 3.05) is 0 Å². The van der Waals surface area contributed by atoms with E-state index >= 15 is 4.39 Å². The second kappa shape index (κ2) is 12.4. The molecule has 0 radical (unpaired) electrons. The van der Waals surface area contributed by atoms with Crippen molar-refractivity contribution in [1.29, 1.82) is 0 Å². The molecule has 3 heterocycles. The van der Waals surface area contributed by atoms with Crippen LogP contribution in [-0.2, 0) is 36.5 Å². The second-order valence-electron chi connectivity index (χ2n) is 9.64. The average molecular weight is 644 g/mol. The lowest BCUT2D eigenvalue weighted by atomic mass is 10.0. The van der Waals surface area contributed by atoms with Gasteiger partial charge in [0.2, 0.25) is 0 Å². The summed E-state index contributed by atoms with van der Waals surface area (Å²) < 4.78 is 78.2. The van der Waals surface area contributed by atoms with E-state index < -0.39 is 58.9 Å². The number of hydrogen-bond acceptors (Lipinski definition) is 8. The molecule has 0 aliphatic heterocycles. The van der Waals surface area contributed by atoms with Gasteiger partial charge < -0.3 is 10.5 Å². The number of halogens is 5. The van der Waals surface area contributed by atoms with Crippen LogP contribution in [0, 0.1) is 17.6 Å². The molecule has 0 fully saturated rings. The van der Waals surface area contributed by atoms with E-state index in [1.54, 1.807) is 12.3 Å². The number of rotatable bonds is 8. The van der Waals surface area contributed by atoms with E-state index in [1.807, 2.05) is 6.92 Å². The molecule has 43 heavy (non-hydrogen) atoms. The van der Waals surface area contributed by atoms with E-state index in [4.69, 9.17) is 10.5 Å². The molecular weight excluding hydrogens is 617 g/mol. The third kappa shape index (κ3) is 6.12. The van der Waals surface area contributed by atoms with Crippen molar-refractivity contribution >= 4 is 44.9 Å². The maximum Gasteiger partial charge on any atom is 0.422 e. The van der Waals surface area contributed by atoms with Crippen LogP contribution in [0.3, 0.4) is 0 Å². The Morgan fingerprint density at radius 2 is 1.84 bits per heavy atom. The lowest BCUT2D eigenvalue weighted by Crippen LogP contribution is -2.38. The van der Waals surface area contributed by atoms with E-state index in [1.165, 1.54) is 47.7 Å². The second-order valence-corrected chi connectivity index (χ2v) is 11.3. The summed E-state index contributed by atoms with van der Waals surface area (Å²) in [4.78, 5) is 42.4. The number of alkyl halides is 3. The van der Waals surface area contributed by atoms with Crippen LogP contribution in [-0.4, -0.2) is 25.7 Å². The number of nitrogens with zero attached hydrogens (tertiary/aromatic N) is 4. The predicted molar refractivity (Wildman–Crippen MR) is 153 cm³/mol. The van der Waals surface area contributed by atoms with Crippen LogP contribution in [0.5, 0.6) is 0 Å². The van der Waals surface area contributed by atoms with Crippen molar-refractivity contribution in [3.05, 3.63) is 77.5 Å². The fourth-order valence-electron chi connectivity index (χ4n) is 4.19. The summed E-state index contributed by atoms with van der Waals surface area (Å²) in [5, 5.41) is 3.22. The molecule has 16 heteroatoms. The van der Waals surface area contributed by atoms with Gasteiger partial charge in [-0.15, -0.1) is 22.7 Å². The van der Waals surface area contributed by atoms with Crippen molar-refractivity contribution in [1.82, 2.24) is 13.7 Å². The first kappa shape index (κ1) is 32.0. The monoisotopic (exact) mass is 643 g/mol. The summed E-state index contributed by atoms with van der Waals surface area (Å²) in [5.41, 5.74) is 2.58. The third-order valence-electron chi connectivity index (χ3n) is 6.95. The van der Waals surface area contributed by atoms with E-state index in [2.05, 4.69) is 4.99 Å². The maximum atomic E-state index is 15.1. The van der Waals surface area contributed by atoms with E-state index in [-0.39, 0.29) is 21.8 Å². The zero-order chi connectivity index (χ0) is 31.8. The molecule has 0 aliphatic rings. The number of carbonyl (C=O) groups is 1. The Labute approximate surface area is 248 Å². The largest absolute Gasteiger partial charge is 0.443 e. The normalized spacial score (nSPS) is 14.1. The Morgan fingerprint density at radius 3 is 2.49 bits per heavy atom. The minimum Gasteiger partial charge on any atom is -0.443 e. The SMILES string of the molecule is CC[C@H](C)[C@H](N)C(=O)OCn1c(-c2ccc(F)c(C(F)(F)F)c2F)csc1=NC=Cc1csc2c1c(=O)n(C)c(=O)n2C. The van der Waals surface area contributed by atoms with Crippen LogP contribution in [0.25, 0.3) is 27.6 Å². The molecule has 0 bridgehead atoms. The minimum atomic E-state index is -5.31. The fraction of sp³-hybridized carbons (Fsp3) is 0.333. The van der Waals surface area contributed by atoms with Crippen LogP contribution in [0.15, 0.2) is 43.7 Å². The molecule has 0 amide bonds. The number of thiazole rings is 1. The molecule has 9 nitrogen and oxygen atoms in total. The van der Waals surface area contributed by atoms with Gasteiger partial charge in [0.15, 0.2) is 11.5 Å². The summed E-state index contributed by atoms with van der Waals surface area (Å²) in [5.74, 6) is -4.64. The predicted octanol–water partition coefficient (Wildman–Crippen LogP) is 4.57. The van der Waals surface area contributed by atoms with Crippen LogP contribution in [0.1, 0.15) is 31.4 Å². The quantitative estimate of drug-likeness (QED) is 0.223. The summed E-state index contributed by atoms with van der Waals surface area (Å²) in [6.07, 6.45) is -1.94. The number of aromatic nitrogens is 3. The Kier molecular flexibility index (Phi) is 9.22. The molecule has 0 saturated heterocycles. The van der Waals surface area contributed by atoms with Gasteiger partial charge in [0.1, 0.15) is 28.1 Å². The zero-order valence-corrected chi connectivity index (χ0v) is 24.9. The fourth-order valence-corrected chi connectivity index (χ4v) is 6.05. The standard InChI is InChI=1S/C27H26F5N5O4S2/c1-5-13(2)21(33)24(39)41-12-37-17(15-6-7-16(28)19(20(15)29)27(30,31)32)11-43-25(37)34-9-8-14-10-42-23-18(14)22(38)35(3)26(40)36(23)4/h6-11,13,21H,5,12,33H2,1-4H3/t13-,21-/m0/s1. The van der Waals surface area contributed by atoms with Crippen LogP contribution in [0.4, 0.5) is 22.0 Å². The van der Waals surface area contributed by atoms with Crippen molar-refractivity contribution in [2.45, 2.75) is 39.2 Å². The number of carbonyl (C=O) groups excluding carboxylic acids is 1. The molecule has 0 spiro atoms. The van der Waals surface area contributed by atoms with Crippen molar-refractivity contribution in [2.24, 2.45) is 30.7 Å². The summed E-state index contributed by atoms with van der Waals surface area (Å²) in [7, 11) is 2.88. The van der Waals surface area contributed by atoms with E-state index in [0.29, 0.717) is 22.9 Å². The molecule has 2 atom stereocenters. The van der Waals surface area contributed by atoms with Gasteiger partial charge in [-0.2, -0.15) is 13.2 Å². The molecule has 2 N–H and O–H groups in total. The highest BCUT2D eigenvalue weighted by molar-refractivity contribution is 7.17. The molecule has 230 valence electrons. The molecule has 0 aliphatic carbocycles. The smallest absolute Gasteiger partial charge is 0.422 e. The highest BCUT2D eigenvalue weighted by atomic mass is 32.1. The Hall–Kier alpha value is -3.89. The molecule has 4 aromatic rings. The Balaban J connectivity index is 1.82. The molecular formula is C27H26F5N5O4S2. The van der Waals surface area contributed by atoms with Gasteiger partial charge >= 0.3 is 17.8 Å². The highest BCUT2D eigenvalue weighted by Crippen LogP contribution is 2.37. The van der Waals surface area contributed by atoms with Crippen LogP contribution < -0.4 is 21.8 Å². The number of esters is 1. The zero-order valence-electron chi connectivity index (χ0n) is 23.2. The van der Waals surface area contributed by atoms with Crippen molar-refractivity contribution < 1.29 is 31.5 Å². The van der Waals surface area contributed by atoms with Gasteiger partial charge in [0, 0.05) is 42.2 Å². The lowest BCUT2D eigenvalue weighted by Gasteiger charge is -2.18. The molecule has 3 aromatic heterocycles. The van der Waals surface area contributed by atoms with Gasteiger partial charge in [-0.25, -0.2) is 18.6 Å². The van der Waals surface area contributed by atoms with E-state index in [0.717, 1.165) is 26.5 Å². The maximum absolute atomic E-state index is 15.1. The summed E-state index contributed by atoms with van der Waals surface area (Å²) >= 11 is 2.06. The molecule has 0 saturated carbocycles. The molecule has 4 rings (SSSR count). The third-order valence-corrected chi connectivity index (χ3v) is 8.90. The van der Waals surface area contributed by atoms with Crippen molar-refractivity contribution in [3.63, 3.8) is 0 Å². The van der Waals surface area contributed by atoms with Gasteiger partial charge in [0.25, 0.3) is 5.56 Å². The van der Waals surface area contributed by atoms with Gasteiger partial charge in [-0.1, -0.05) is 20.3 Å². The number of nitrogens with two attached hydrogens (primary N) is 1. The number of thiophene rings is 1. The molecule has 0 unspecified atom stereocenters. The number of ether oxygens (including phenoxy) is 1.